The van der Waals surface area contributed by atoms with E-state index in [0.717, 1.165) is 62.6 Å². The maximum absolute atomic E-state index is 11.7. The molecule has 2 aliphatic rings. The molecule has 0 aliphatic heterocycles. The molecule has 0 amide bonds. The van der Waals surface area contributed by atoms with E-state index in [2.05, 4.69) is 135 Å². The molecular formula is C75H92N6O6S. The van der Waals surface area contributed by atoms with Crippen molar-refractivity contribution in [2.75, 3.05) is 47.6 Å². The Hall–Kier alpha value is -7.88. The Morgan fingerprint density at radius 3 is 1.34 bits per heavy atom. The topological polar surface area (TPSA) is 175 Å². The molecule has 13 heteroatoms. The quantitative estimate of drug-likeness (QED) is 0.0424. The number of thiophene rings is 1. The van der Waals surface area contributed by atoms with Gasteiger partial charge in [0.15, 0.2) is 5.78 Å². The third-order valence-corrected chi connectivity index (χ3v) is 17.6. The van der Waals surface area contributed by atoms with Crippen LogP contribution in [-0.4, -0.2) is 106 Å². The van der Waals surface area contributed by atoms with Crippen LogP contribution in [-0.2, 0) is 68.9 Å². The molecular weight excluding hydrogens is 1110 g/mol. The average Bonchev–Trinajstić information content (AvgIpc) is 1.92. The fourth-order valence-electron chi connectivity index (χ4n) is 10.8. The lowest BCUT2D eigenvalue weighted by atomic mass is 9.76. The van der Waals surface area contributed by atoms with Crippen molar-refractivity contribution in [2.45, 2.75) is 122 Å². The molecule has 88 heavy (non-hydrogen) atoms. The van der Waals surface area contributed by atoms with Crippen LogP contribution in [0, 0.1) is 0 Å². The van der Waals surface area contributed by atoms with Gasteiger partial charge in [0.2, 0.25) is 0 Å². The van der Waals surface area contributed by atoms with Gasteiger partial charge in [0.25, 0.3) is 0 Å². The molecule has 10 rings (SSSR count). The molecule has 1 aromatic heterocycles. The molecule has 0 saturated carbocycles. The van der Waals surface area contributed by atoms with E-state index in [1.54, 1.807) is 52.9 Å². The molecule has 1 unspecified atom stereocenters. The van der Waals surface area contributed by atoms with E-state index < -0.39 is 0 Å². The Labute approximate surface area is 527 Å². The Morgan fingerprint density at radius 2 is 0.875 bits per heavy atom. The molecule has 0 bridgehead atoms. The molecule has 0 saturated heterocycles. The van der Waals surface area contributed by atoms with Crippen molar-refractivity contribution in [3.63, 3.8) is 0 Å². The first kappa shape index (κ1) is 70.9. The summed E-state index contributed by atoms with van der Waals surface area (Å²) in [7, 11) is 11.1. The maximum Gasteiger partial charge on any atom is 0.159 e. The first-order valence-electron chi connectivity index (χ1n) is 30.2. The van der Waals surface area contributed by atoms with E-state index in [-0.39, 0.29) is 63.9 Å². The highest BCUT2D eigenvalue weighted by atomic mass is 32.1. The summed E-state index contributed by atoms with van der Waals surface area (Å²) in [6.45, 7) is 9.79. The second-order valence-corrected chi connectivity index (χ2v) is 23.6. The number of anilines is 1. The minimum absolute atomic E-state index is 0.0244. The zero-order valence-electron chi connectivity index (χ0n) is 53.6. The number of carbonyl (C=O) groups excluding carboxylic acids is 6. The molecule has 464 valence electrons. The number of rotatable bonds is 19. The lowest BCUT2D eigenvalue weighted by molar-refractivity contribution is -0.124. The van der Waals surface area contributed by atoms with Crippen LogP contribution in [0.25, 0.3) is 21.9 Å². The summed E-state index contributed by atoms with van der Waals surface area (Å²) in [5.74, 6) is 1.14. The van der Waals surface area contributed by atoms with E-state index in [1.807, 2.05) is 127 Å². The van der Waals surface area contributed by atoms with E-state index in [1.165, 1.54) is 60.2 Å². The average molecular weight is 1210 g/mol. The van der Waals surface area contributed by atoms with Crippen LogP contribution >= 0.6 is 11.3 Å². The number of benzene rings is 7. The number of hydrogen-bond donors (Lipinski definition) is 6. The number of aryl methyl sites for hydroxylation is 1. The number of ketones is 6. The predicted molar refractivity (Wildman–Crippen MR) is 365 cm³/mol. The van der Waals surface area contributed by atoms with Gasteiger partial charge in [0.05, 0.1) is 29.2 Å². The van der Waals surface area contributed by atoms with Gasteiger partial charge in [-0.05, 0) is 213 Å². The van der Waals surface area contributed by atoms with Gasteiger partial charge in [-0.25, -0.2) is 0 Å². The first-order chi connectivity index (χ1) is 42.2. The Kier molecular flexibility index (Phi) is 28.8. The van der Waals surface area contributed by atoms with Gasteiger partial charge in [-0.15, -0.1) is 11.3 Å². The highest BCUT2D eigenvalue weighted by Crippen LogP contribution is 2.31. The summed E-state index contributed by atoms with van der Waals surface area (Å²) in [4.78, 5) is 69.2. The largest absolute Gasteiger partial charge is 0.388 e. The molecule has 7 aromatic carbocycles. The Morgan fingerprint density at radius 1 is 0.432 bits per heavy atom. The highest BCUT2D eigenvalue weighted by Gasteiger charge is 2.40. The number of carbonyl (C=O) groups is 6. The monoisotopic (exact) mass is 1200 g/mol. The fourth-order valence-corrected chi connectivity index (χ4v) is 11.5. The standard InChI is InChI=1S/C17H19NO.C15H17NO.C13H17NO.C12H15NO.C9H13NOS.C9H11NO/c1-13(19)17(18-2)12-14-8-10-16(11-9-14)15-6-4-3-5-7-15;1-11(17)15(16-2)10-12-7-8-13-5-3-4-6-14(13)9-12;1-10(15)13(14-2)8-7-11-5-3-4-6-12(11)9-13;1-9(14)12(13-2)7-10-5-3-4-6-11(10)8-12;1-7(11)9(10-2)6-8-4-3-5-12-8;1-7(11)8-3-5-9(10-2)6-4-8/h3-11,17-18H,12H2,1-2H3;3-9,15-16H,10H2,1-2H3;3-6,14H,7-9H2,1-2H3;3-6,13H,7-8H2,1-2H3;3-5,9-10H,6H2,1-2H3;3-6,10H,1-2H3/t17-;15-;;;9-;/m00..0./s1. The number of likely N-dealkylation sites (N-methyl/N-ethyl adjacent to an activating group) is 5. The van der Waals surface area contributed by atoms with Gasteiger partial charge in [-0.1, -0.05) is 152 Å². The van der Waals surface area contributed by atoms with Crippen molar-refractivity contribution in [2.24, 2.45) is 0 Å². The van der Waals surface area contributed by atoms with Gasteiger partial charge in [0.1, 0.15) is 28.9 Å². The van der Waals surface area contributed by atoms with Crippen molar-refractivity contribution in [1.29, 1.82) is 0 Å². The molecule has 0 fully saturated rings. The third-order valence-electron chi connectivity index (χ3n) is 16.7. The number of Topliss-reactive ketones (excluding diaryl/α,β-unsaturated/α-hetero) is 6. The van der Waals surface area contributed by atoms with Crippen LogP contribution in [0.3, 0.4) is 0 Å². The van der Waals surface area contributed by atoms with Crippen molar-refractivity contribution >= 4 is 62.5 Å². The van der Waals surface area contributed by atoms with Crippen LogP contribution in [0.15, 0.2) is 187 Å². The number of fused-ring (bicyclic) bond motifs is 3. The van der Waals surface area contributed by atoms with Gasteiger partial charge < -0.3 is 31.9 Å². The van der Waals surface area contributed by atoms with Crippen LogP contribution in [0.4, 0.5) is 5.69 Å². The summed E-state index contributed by atoms with van der Waals surface area (Å²) in [6.07, 6.45) is 6.69. The normalized spacial score (nSPS) is 15.0. The molecule has 8 aromatic rings. The lowest BCUT2D eigenvalue weighted by Gasteiger charge is -2.35. The van der Waals surface area contributed by atoms with E-state index >= 15 is 0 Å². The molecule has 6 N–H and O–H groups in total. The smallest absolute Gasteiger partial charge is 0.159 e. The number of nitrogens with one attached hydrogen (secondary N) is 6. The van der Waals surface area contributed by atoms with Gasteiger partial charge >= 0.3 is 0 Å². The zero-order chi connectivity index (χ0) is 64.2. The van der Waals surface area contributed by atoms with Gasteiger partial charge in [0, 0.05) is 29.6 Å². The molecule has 0 spiro atoms. The summed E-state index contributed by atoms with van der Waals surface area (Å²) < 4.78 is 0. The third kappa shape index (κ3) is 21.2. The molecule has 1 heterocycles. The minimum Gasteiger partial charge on any atom is -0.388 e. The van der Waals surface area contributed by atoms with Gasteiger partial charge in [-0.2, -0.15) is 0 Å². The van der Waals surface area contributed by atoms with Crippen molar-refractivity contribution in [3.05, 3.63) is 231 Å². The first-order valence-corrected chi connectivity index (χ1v) is 31.1. The fraction of sp³-hybridized carbons (Fsp3) is 0.333. The predicted octanol–water partition coefficient (Wildman–Crippen LogP) is 12.1. The van der Waals surface area contributed by atoms with E-state index in [0.29, 0.717) is 0 Å². The Balaban J connectivity index is 0.000000194. The second kappa shape index (κ2) is 35.8. The summed E-state index contributed by atoms with van der Waals surface area (Å²) in [5.41, 5.74) is 11.2. The Bertz CT molecular complexity index is 3470. The van der Waals surface area contributed by atoms with E-state index in [9.17, 15) is 28.8 Å². The molecule has 4 atom stereocenters. The van der Waals surface area contributed by atoms with Crippen LogP contribution in [0.1, 0.15) is 96.6 Å². The highest BCUT2D eigenvalue weighted by molar-refractivity contribution is 7.09. The maximum atomic E-state index is 11.7. The van der Waals surface area contributed by atoms with Crippen LogP contribution in [0.5, 0.6) is 0 Å². The zero-order valence-corrected chi connectivity index (χ0v) is 54.5. The van der Waals surface area contributed by atoms with Gasteiger partial charge in [-0.3, -0.25) is 28.8 Å². The van der Waals surface area contributed by atoms with Crippen LogP contribution < -0.4 is 31.9 Å². The molecule has 2 aliphatic carbocycles. The minimum atomic E-state index is -0.344. The number of hydrogen-bond acceptors (Lipinski definition) is 13. The lowest BCUT2D eigenvalue weighted by Crippen LogP contribution is -2.53. The SMILES string of the molecule is CNC1(C(C)=O)CCc2ccccc2C1.CNC1(C(C)=O)Cc2ccccc2C1.CN[C@@H](Cc1ccc(-c2ccccc2)cc1)C(C)=O.CN[C@@H](Cc1ccc2ccccc2c1)C(C)=O.CN[C@@H](Cc1cccs1)C(C)=O.CNc1ccc(C(C)=O)cc1. The van der Waals surface area contributed by atoms with Crippen molar-refractivity contribution in [1.82, 2.24) is 26.6 Å². The second-order valence-electron chi connectivity index (χ2n) is 22.5. The van der Waals surface area contributed by atoms with Crippen molar-refractivity contribution in [3.8, 4) is 11.1 Å². The summed E-state index contributed by atoms with van der Waals surface area (Å²) >= 11 is 1.69. The van der Waals surface area contributed by atoms with E-state index in [4.69, 9.17) is 0 Å². The van der Waals surface area contributed by atoms with Crippen LogP contribution in [0.2, 0.25) is 0 Å². The molecule has 12 nitrogen and oxygen atoms in total. The molecule has 0 radical (unpaired) electrons. The summed E-state index contributed by atoms with van der Waals surface area (Å²) in [5, 5.41) is 22.9. The van der Waals surface area contributed by atoms with Crippen molar-refractivity contribution < 1.29 is 28.8 Å². The summed E-state index contributed by atoms with van der Waals surface area (Å²) in [6, 6.07) is 61.3.